The van der Waals surface area contributed by atoms with Crippen LogP contribution in [0.25, 0.3) is 10.9 Å². The van der Waals surface area contributed by atoms with Crippen molar-refractivity contribution in [2.75, 3.05) is 0 Å². The van der Waals surface area contributed by atoms with E-state index in [1.54, 1.807) is 6.07 Å². The summed E-state index contributed by atoms with van der Waals surface area (Å²) in [6.07, 6.45) is 2.46. The van der Waals surface area contributed by atoms with Crippen molar-refractivity contribution in [1.82, 2.24) is 20.2 Å². The average molecular weight is 359 g/mol. The molecule has 1 amide bonds. The Bertz CT molecular complexity index is 1010. The van der Waals surface area contributed by atoms with Gasteiger partial charge >= 0.3 is 5.69 Å². The van der Waals surface area contributed by atoms with Crippen molar-refractivity contribution in [1.29, 1.82) is 0 Å². The molecule has 2 heterocycles. The van der Waals surface area contributed by atoms with Crippen molar-refractivity contribution in [3.05, 3.63) is 63.1 Å². The lowest BCUT2D eigenvalue weighted by Crippen LogP contribution is -2.19. The van der Waals surface area contributed by atoms with E-state index in [-0.39, 0.29) is 10.8 Å². The van der Waals surface area contributed by atoms with E-state index in [1.807, 2.05) is 24.3 Å². The third-order valence-corrected chi connectivity index (χ3v) is 3.60. The molecular formula is C15H11ClN6O3. The van der Waals surface area contributed by atoms with Gasteiger partial charge in [-0.05, 0) is 12.1 Å². The molecule has 0 bridgehead atoms. The quantitative estimate of drug-likeness (QED) is 0.332. The number of carbonyl (C=O) groups excluding carboxylic acids is 1. The fraction of sp³-hybridized carbons (Fsp3) is 0.0667. The Morgan fingerprint density at radius 2 is 2.20 bits per heavy atom. The second-order valence-corrected chi connectivity index (χ2v) is 5.41. The molecule has 25 heavy (non-hydrogen) atoms. The van der Waals surface area contributed by atoms with Crippen LogP contribution in [-0.2, 0) is 7.05 Å². The van der Waals surface area contributed by atoms with E-state index in [0.717, 1.165) is 17.1 Å². The lowest BCUT2D eigenvalue weighted by atomic mass is 10.2. The predicted molar refractivity (Wildman–Crippen MR) is 91.7 cm³/mol. The van der Waals surface area contributed by atoms with Crippen molar-refractivity contribution >= 4 is 40.3 Å². The molecule has 0 radical (unpaired) electrons. The third kappa shape index (κ3) is 3.45. The second kappa shape index (κ2) is 6.65. The number of hydrazone groups is 1. The highest BCUT2D eigenvalue weighted by Gasteiger charge is 2.24. The summed E-state index contributed by atoms with van der Waals surface area (Å²) in [5.41, 5.74) is 2.70. The van der Waals surface area contributed by atoms with Gasteiger partial charge in [-0.2, -0.15) is 10.2 Å². The molecule has 0 fully saturated rings. The lowest BCUT2D eigenvalue weighted by Gasteiger charge is -2.01. The summed E-state index contributed by atoms with van der Waals surface area (Å²) >= 11 is 6.09. The van der Waals surface area contributed by atoms with Crippen molar-refractivity contribution in [3.63, 3.8) is 0 Å². The van der Waals surface area contributed by atoms with Crippen LogP contribution in [-0.4, -0.2) is 31.8 Å². The summed E-state index contributed by atoms with van der Waals surface area (Å²) in [6, 6.07) is 9.17. The van der Waals surface area contributed by atoms with Gasteiger partial charge < -0.3 is 0 Å². The first-order valence-corrected chi connectivity index (χ1v) is 7.40. The lowest BCUT2D eigenvalue weighted by molar-refractivity contribution is -0.385. The van der Waals surface area contributed by atoms with Gasteiger partial charge in [0.25, 0.3) is 5.91 Å². The number of hydrogen-bond acceptors (Lipinski definition) is 6. The molecule has 0 aliphatic heterocycles. The minimum absolute atomic E-state index is 0.223. The van der Waals surface area contributed by atoms with E-state index in [1.165, 1.54) is 17.9 Å². The number of hydrogen-bond donors (Lipinski definition) is 1. The number of nitrogens with one attached hydrogen (secondary N) is 1. The molecule has 2 aromatic heterocycles. The zero-order chi connectivity index (χ0) is 18.0. The Hall–Kier alpha value is -3.33. The molecule has 10 heteroatoms. The molecule has 3 aromatic rings. The number of amides is 1. The number of nitrogens with zero attached hydrogens (tertiary/aromatic N) is 5. The third-order valence-electron chi connectivity index (χ3n) is 3.30. The zero-order valence-corrected chi connectivity index (χ0v) is 13.6. The Kier molecular flexibility index (Phi) is 4.40. The number of fused-ring (bicyclic) bond motifs is 1. The molecule has 3 rings (SSSR count). The second-order valence-electron chi connectivity index (χ2n) is 5.05. The number of rotatable bonds is 4. The highest BCUT2D eigenvalue weighted by molar-refractivity contribution is 6.32. The van der Waals surface area contributed by atoms with Crippen molar-refractivity contribution in [2.24, 2.45) is 12.1 Å². The van der Waals surface area contributed by atoms with Gasteiger partial charge in [0, 0.05) is 18.0 Å². The van der Waals surface area contributed by atoms with Crippen LogP contribution in [0, 0.1) is 10.1 Å². The molecule has 0 unspecified atom stereocenters. The SMILES string of the molecule is Cn1cc([N+](=O)[O-])c(C(=O)N/N=C/c2cc3ccccc3nc2Cl)n1. The fourth-order valence-electron chi connectivity index (χ4n) is 2.18. The van der Waals surface area contributed by atoms with E-state index in [9.17, 15) is 14.9 Å². The van der Waals surface area contributed by atoms with Gasteiger partial charge in [0.15, 0.2) is 0 Å². The first-order valence-electron chi connectivity index (χ1n) is 7.02. The van der Waals surface area contributed by atoms with E-state index < -0.39 is 16.5 Å². The zero-order valence-electron chi connectivity index (χ0n) is 12.9. The summed E-state index contributed by atoms with van der Waals surface area (Å²) in [6.45, 7) is 0. The Labute approximate surface area is 146 Å². The average Bonchev–Trinajstić information content (AvgIpc) is 2.97. The Morgan fingerprint density at radius 3 is 2.96 bits per heavy atom. The molecule has 0 spiro atoms. The van der Waals surface area contributed by atoms with Gasteiger partial charge in [-0.1, -0.05) is 29.8 Å². The number of pyridine rings is 1. The van der Waals surface area contributed by atoms with Gasteiger partial charge in [-0.25, -0.2) is 10.4 Å². The number of nitro groups is 1. The van der Waals surface area contributed by atoms with E-state index in [4.69, 9.17) is 11.6 Å². The number of halogens is 1. The summed E-state index contributed by atoms with van der Waals surface area (Å²) in [5.74, 6) is -0.798. The van der Waals surface area contributed by atoms with Crippen molar-refractivity contribution in [3.8, 4) is 0 Å². The largest absolute Gasteiger partial charge is 0.320 e. The molecule has 0 aliphatic rings. The standard InChI is InChI=1S/C15H11ClN6O3/c1-21-8-12(22(24)25)13(20-21)15(23)19-17-7-10-6-9-4-2-3-5-11(9)18-14(10)16/h2-8H,1H3,(H,19,23)/b17-7+. The number of para-hydroxylation sites is 1. The fourth-order valence-corrected chi connectivity index (χ4v) is 2.38. The minimum atomic E-state index is -0.798. The predicted octanol–water partition coefficient (Wildman–Crippen LogP) is 2.29. The minimum Gasteiger partial charge on any atom is -0.268 e. The van der Waals surface area contributed by atoms with Crippen LogP contribution < -0.4 is 5.43 Å². The molecule has 126 valence electrons. The first kappa shape index (κ1) is 16.5. The summed E-state index contributed by atoms with van der Waals surface area (Å²) in [5, 5.41) is 19.5. The summed E-state index contributed by atoms with van der Waals surface area (Å²) in [7, 11) is 1.48. The van der Waals surface area contributed by atoms with E-state index in [0.29, 0.717) is 5.56 Å². The number of aryl methyl sites for hydroxylation is 1. The van der Waals surface area contributed by atoms with Crippen LogP contribution in [0.5, 0.6) is 0 Å². The maximum atomic E-state index is 12.0. The van der Waals surface area contributed by atoms with Gasteiger partial charge in [-0.3, -0.25) is 19.6 Å². The van der Waals surface area contributed by atoms with Crippen molar-refractivity contribution in [2.45, 2.75) is 0 Å². The van der Waals surface area contributed by atoms with Gasteiger partial charge in [0.05, 0.1) is 16.7 Å². The van der Waals surface area contributed by atoms with Crippen molar-refractivity contribution < 1.29 is 9.72 Å². The molecular weight excluding hydrogens is 348 g/mol. The molecule has 0 aliphatic carbocycles. The highest BCUT2D eigenvalue weighted by atomic mass is 35.5. The van der Waals surface area contributed by atoms with Gasteiger partial charge in [-0.15, -0.1) is 0 Å². The van der Waals surface area contributed by atoms with Crippen LogP contribution in [0.3, 0.4) is 0 Å². The van der Waals surface area contributed by atoms with Crippen LogP contribution in [0.1, 0.15) is 16.1 Å². The Morgan fingerprint density at radius 1 is 1.44 bits per heavy atom. The topological polar surface area (TPSA) is 115 Å². The van der Waals surface area contributed by atoms with E-state index >= 15 is 0 Å². The summed E-state index contributed by atoms with van der Waals surface area (Å²) in [4.78, 5) is 26.5. The van der Waals surface area contributed by atoms with Crippen LogP contribution >= 0.6 is 11.6 Å². The molecule has 0 saturated heterocycles. The Balaban J connectivity index is 1.80. The van der Waals surface area contributed by atoms with E-state index in [2.05, 4.69) is 20.6 Å². The maximum Gasteiger partial charge on any atom is 0.320 e. The normalized spacial score (nSPS) is 11.1. The monoisotopic (exact) mass is 358 g/mol. The molecule has 9 nitrogen and oxygen atoms in total. The first-order chi connectivity index (χ1) is 12.0. The highest BCUT2D eigenvalue weighted by Crippen LogP contribution is 2.19. The molecule has 1 N–H and O–H groups in total. The molecule has 1 aromatic carbocycles. The number of benzene rings is 1. The van der Waals surface area contributed by atoms with Crippen LogP contribution in [0.4, 0.5) is 5.69 Å². The molecule has 0 atom stereocenters. The van der Waals surface area contributed by atoms with Gasteiger partial charge in [0.2, 0.25) is 5.69 Å². The summed E-state index contributed by atoms with van der Waals surface area (Å²) < 4.78 is 1.18. The maximum absolute atomic E-state index is 12.0. The smallest absolute Gasteiger partial charge is 0.268 e. The van der Waals surface area contributed by atoms with Gasteiger partial charge in [0.1, 0.15) is 11.3 Å². The molecule has 0 saturated carbocycles. The number of aromatic nitrogens is 3. The van der Waals surface area contributed by atoms with Crippen LogP contribution in [0.15, 0.2) is 41.6 Å². The van der Waals surface area contributed by atoms with Crippen LogP contribution in [0.2, 0.25) is 5.15 Å². The number of carbonyl (C=O) groups is 1.